The lowest BCUT2D eigenvalue weighted by atomic mass is 9.92. The fourth-order valence-electron chi connectivity index (χ4n) is 3.08. The maximum absolute atomic E-state index is 12.9. The molecule has 0 aliphatic carbocycles. The van der Waals surface area contributed by atoms with Gasteiger partial charge < -0.3 is 19.5 Å². The fraction of sp³-hybridized carbons (Fsp3) is 0.211. The van der Waals surface area contributed by atoms with Crippen LogP contribution in [0.25, 0.3) is 0 Å². The van der Waals surface area contributed by atoms with Crippen molar-refractivity contribution in [1.29, 1.82) is 0 Å². The third-order valence-corrected chi connectivity index (χ3v) is 4.88. The summed E-state index contributed by atoms with van der Waals surface area (Å²) in [4.78, 5) is 25.2. The lowest BCUT2D eigenvalue weighted by Gasteiger charge is -2.21. The Balaban J connectivity index is 1.55. The molecule has 156 valence electrons. The van der Waals surface area contributed by atoms with Crippen LogP contribution in [-0.2, 0) is 10.3 Å². The van der Waals surface area contributed by atoms with Crippen LogP contribution >= 0.6 is 11.6 Å². The molecule has 2 aromatic rings. The van der Waals surface area contributed by atoms with Gasteiger partial charge in [-0.15, -0.1) is 5.01 Å². The van der Waals surface area contributed by atoms with E-state index in [9.17, 15) is 18.4 Å². The van der Waals surface area contributed by atoms with Crippen LogP contribution in [0.4, 0.5) is 13.6 Å². The van der Waals surface area contributed by atoms with Crippen LogP contribution in [0.1, 0.15) is 18.1 Å². The van der Waals surface area contributed by atoms with E-state index in [1.807, 2.05) is 0 Å². The van der Waals surface area contributed by atoms with E-state index in [0.717, 1.165) is 0 Å². The number of ether oxygens (including phenoxy) is 3. The highest BCUT2D eigenvalue weighted by atomic mass is 35.5. The summed E-state index contributed by atoms with van der Waals surface area (Å²) in [6.45, 7) is -1.43. The molecule has 1 N–H and O–H groups in total. The van der Waals surface area contributed by atoms with Crippen molar-refractivity contribution in [3.8, 4) is 17.2 Å². The fourth-order valence-corrected chi connectivity index (χ4v) is 3.35. The van der Waals surface area contributed by atoms with Crippen LogP contribution in [0.2, 0.25) is 5.02 Å². The summed E-state index contributed by atoms with van der Waals surface area (Å²) < 4.78 is 39.4. The number of nitrogens with one attached hydrogen (secondary N) is 1. The molecule has 2 aliphatic heterocycles. The highest BCUT2D eigenvalue weighted by Gasteiger charge is 2.49. The predicted octanol–water partition coefficient (Wildman–Crippen LogP) is 3.47. The first kappa shape index (κ1) is 19.9. The number of carbonyl (C=O) groups is 2. The molecule has 0 radical (unpaired) electrons. The number of halogens is 3. The Labute approximate surface area is 174 Å². The second-order valence-corrected chi connectivity index (χ2v) is 6.96. The average molecular weight is 438 g/mol. The zero-order valence-corrected chi connectivity index (χ0v) is 16.2. The first-order chi connectivity index (χ1) is 14.3. The average Bonchev–Trinajstić information content (AvgIpc) is 3.24. The number of urea groups is 1. The minimum Gasteiger partial charge on any atom is -0.454 e. The van der Waals surface area contributed by atoms with E-state index in [0.29, 0.717) is 32.7 Å². The minimum atomic E-state index is -2.96. The SMILES string of the molecule is CC1(c2ccc(OC(F)F)cc2)NC(=O)N(N=Cc2cc(Cl)c3c(c2)OCO3)C1=O. The lowest BCUT2D eigenvalue weighted by molar-refractivity contribution is -0.131. The van der Waals surface area contributed by atoms with Gasteiger partial charge in [-0.2, -0.15) is 13.9 Å². The molecule has 2 aromatic carbocycles. The number of hydrogen-bond donors (Lipinski definition) is 1. The van der Waals surface area contributed by atoms with Crippen molar-refractivity contribution >= 4 is 29.8 Å². The minimum absolute atomic E-state index is 0.0438. The summed E-state index contributed by atoms with van der Waals surface area (Å²) in [5.41, 5.74) is -0.553. The molecule has 0 saturated carbocycles. The molecule has 2 heterocycles. The Morgan fingerprint density at radius 1 is 1.27 bits per heavy atom. The highest BCUT2D eigenvalue weighted by Crippen LogP contribution is 2.39. The van der Waals surface area contributed by atoms with E-state index in [1.54, 1.807) is 12.1 Å². The van der Waals surface area contributed by atoms with E-state index in [1.165, 1.54) is 37.4 Å². The van der Waals surface area contributed by atoms with Crippen LogP contribution in [0, 0.1) is 0 Å². The summed E-state index contributed by atoms with van der Waals surface area (Å²) in [5, 5.41) is 7.52. The Morgan fingerprint density at radius 3 is 2.70 bits per heavy atom. The standard InChI is InChI=1S/C19H14ClF2N3O5/c1-19(11-2-4-12(5-3-11)30-17(21)22)16(26)25(18(27)24-19)23-8-10-6-13(20)15-14(7-10)28-9-29-15/h2-8,17H,9H2,1H3,(H,24,27). The third kappa shape index (κ3) is 3.50. The van der Waals surface area contributed by atoms with Gasteiger partial charge >= 0.3 is 12.6 Å². The van der Waals surface area contributed by atoms with Crippen LogP contribution in [0.5, 0.6) is 17.2 Å². The number of imide groups is 1. The molecule has 11 heteroatoms. The van der Waals surface area contributed by atoms with Crippen molar-refractivity contribution in [3.05, 3.63) is 52.5 Å². The highest BCUT2D eigenvalue weighted by molar-refractivity contribution is 6.32. The molecule has 4 rings (SSSR count). The van der Waals surface area contributed by atoms with Gasteiger partial charge in [0.2, 0.25) is 6.79 Å². The normalized spacial score (nSPS) is 20.4. The summed E-state index contributed by atoms with van der Waals surface area (Å²) in [5.74, 6) is 0.134. The van der Waals surface area contributed by atoms with E-state index in [-0.39, 0.29) is 12.5 Å². The number of alkyl halides is 2. The predicted molar refractivity (Wildman–Crippen MR) is 101 cm³/mol. The van der Waals surface area contributed by atoms with Gasteiger partial charge in [0.15, 0.2) is 11.5 Å². The van der Waals surface area contributed by atoms with E-state index in [4.69, 9.17) is 21.1 Å². The van der Waals surface area contributed by atoms with Gasteiger partial charge in [0.05, 0.1) is 11.2 Å². The Hall–Kier alpha value is -3.40. The monoisotopic (exact) mass is 437 g/mol. The number of benzene rings is 2. The van der Waals surface area contributed by atoms with Crippen molar-refractivity contribution in [1.82, 2.24) is 10.3 Å². The number of hydrogen-bond acceptors (Lipinski definition) is 6. The van der Waals surface area contributed by atoms with Gasteiger partial charge in [0.25, 0.3) is 5.91 Å². The smallest absolute Gasteiger partial charge is 0.387 e. The van der Waals surface area contributed by atoms with Gasteiger partial charge in [-0.3, -0.25) is 4.79 Å². The van der Waals surface area contributed by atoms with Crippen molar-refractivity contribution < 1.29 is 32.6 Å². The molecule has 0 bridgehead atoms. The molecule has 8 nitrogen and oxygen atoms in total. The van der Waals surface area contributed by atoms with Crippen molar-refractivity contribution in [2.24, 2.45) is 5.10 Å². The zero-order chi connectivity index (χ0) is 21.5. The zero-order valence-electron chi connectivity index (χ0n) is 15.4. The number of amides is 3. The summed E-state index contributed by atoms with van der Waals surface area (Å²) in [6, 6.07) is 7.83. The number of fused-ring (bicyclic) bond motifs is 1. The number of carbonyl (C=O) groups excluding carboxylic acids is 2. The Kier molecular flexibility index (Phi) is 4.94. The van der Waals surface area contributed by atoms with E-state index >= 15 is 0 Å². The Morgan fingerprint density at radius 2 is 2.00 bits per heavy atom. The Bertz CT molecular complexity index is 1050. The van der Waals surface area contributed by atoms with Gasteiger partial charge in [0.1, 0.15) is 11.3 Å². The molecule has 2 aliphatic rings. The largest absolute Gasteiger partial charge is 0.454 e. The van der Waals surface area contributed by atoms with Gasteiger partial charge in [-0.25, -0.2) is 4.79 Å². The molecule has 30 heavy (non-hydrogen) atoms. The first-order valence-electron chi connectivity index (χ1n) is 8.63. The number of nitrogens with zero attached hydrogens (tertiary/aromatic N) is 2. The van der Waals surface area contributed by atoms with Gasteiger partial charge in [-0.05, 0) is 42.3 Å². The molecular weight excluding hydrogens is 424 g/mol. The number of rotatable bonds is 5. The van der Waals surface area contributed by atoms with Gasteiger partial charge in [-0.1, -0.05) is 23.7 Å². The van der Waals surface area contributed by atoms with Crippen LogP contribution < -0.4 is 19.5 Å². The quantitative estimate of drug-likeness (QED) is 0.571. The van der Waals surface area contributed by atoms with E-state index < -0.39 is 24.1 Å². The molecule has 1 unspecified atom stereocenters. The second kappa shape index (κ2) is 7.45. The van der Waals surface area contributed by atoms with Crippen LogP contribution in [-0.4, -0.2) is 36.6 Å². The van der Waals surface area contributed by atoms with Crippen molar-refractivity contribution in [2.45, 2.75) is 19.1 Å². The molecule has 1 saturated heterocycles. The molecule has 1 fully saturated rings. The molecule has 3 amide bonds. The van der Waals surface area contributed by atoms with Crippen LogP contribution in [0.15, 0.2) is 41.5 Å². The number of hydrazone groups is 1. The summed E-state index contributed by atoms with van der Waals surface area (Å²) in [7, 11) is 0. The lowest BCUT2D eigenvalue weighted by Crippen LogP contribution is -2.40. The molecule has 1 atom stereocenters. The van der Waals surface area contributed by atoms with Crippen molar-refractivity contribution in [2.75, 3.05) is 6.79 Å². The maximum atomic E-state index is 12.9. The molecular formula is C19H14ClF2N3O5. The topological polar surface area (TPSA) is 89.5 Å². The van der Waals surface area contributed by atoms with E-state index in [2.05, 4.69) is 15.2 Å². The van der Waals surface area contributed by atoms with Gasteiger partial charge in [0, 0.05) is 0 Å². The first-order valence-corrected chi connectivity index (χ1v) is 9.01. The van der Waals surface area contributed by atoms with Crippen LogP contribution in [0.3, 0.4) is 0 Å². The van der Waals surface area contributed by atoms with Crippen molar-refractivity contribution in [3.63, 3.8) is 0 Å². The second-order valence-electron chi connectivity index (χ2n) is 6.56. The summed E-state index contributed by atoms with van der Waals surface area (Å²) in [6.07, 6.45) is 1.29. The molecule has 0 spiro atoms. The molecule has 0 aromatic heterocycles. The third-order valence-electron chi connectivity index (χ3n) is 4.60. The summed E-state index contributed by atoms with van der Waals surface area (Å²) >= 11 is 6.11. The maximum Gasteiger partial charge on any atom is 0.387 e.